The molecule has 3 amide bonds. The average molecular weight is 336 g/mol. The zero-order valence-corrected chi connectivity index (χ0v) is 13.2. The Morgan fingerprint density at radius 3 is 2.29 bits per heavy atom. The van der Waals surface area contributed by atoms with Crippen LogP contribution in [0.25, 0.3) is 0 Å². The van der Waals surface area contributed by atoms with Crippen LogP contribution < -0.4 is 0 Å². The highest BCUT2D eigenvalue weighted by atomic mass is 16.7. The molecule has 0 aromatic heterocycles. The van der Waals surface area contributed by atoms with Gasteiger partial charge in [-0.1, -0.05) is 0 Å². The first-order valence-electron chi connectivity index (χ1n) is 8.20. The summed E-state index contributed by atoms with van der Waals surface area (Å²) in [5, 5.41) is 10.3. The molecule has 3 rings (SSSR count). The van der Waals surface area contributed by atoms with Gasteiger partial charge in [-0.25, -0.2) is 4.79 Å². The summed E-state index contributed by atoms with van der Waals surface area (Å²) in [5.74, 6) is -1.83. The lowest BCUT2D eigenvalue weighted by Gasteiger charge is -2.31. The lowest BCUT2D eigenvalue weighted by atomic mass is 9.82. The molecule has 1 saturated heterocycles. The Kier molecular flexibility index (Phi) is 4.66. The second kappa shape index (κ2) is 6.72. The van der Waals surface area contributed by atoms with Gasteiger partial charge >= 0.3 is 5.97 Å². The predicted octanol–water partition coefficient (Wildman–Crippen LogP) is 0.117. The number of rotatable bonds is 4. The van der Waals surface area contributed by atoms with Gasteiger partial charge in [-0.3, -0.25) is 14.4 Å². The van der Waals surface area contributed by atoms with E-state index in [1.165, 1.54) is 17.1 Å². The minimum absolute atomic E-state index is 0.0824. The molecule has 8 nitrogen and oxygen atoms in total. The van der Waals surface area contributed by atoms with Crippen molar-refractivity contribution in [3.05, 3.63) is 12.2 Å². The molecule has 0 radical (unpaired) electrons. The van der Waals surface area contributed by atoms with Crippen molar-refractivity contribution in [2.24, 2.45) is 11.8 Å². The van der Waals surface area contributed by atoms with Gasteiger partial charge in [0.1, 0.15) is 6.23 Å². The molecular formula is C16H20N2O6. The van der Waals surface area contributed by atoms with Gasteiger partial charge in [0, 0.05) is 25.5 Å². The van der Waals surface area contributed by atoms with Crippen LogP contribution in [0.15, 0.2) is 12.2 Å². The number of aliphatic hydroxyl groups excluding tert-OH is 1. The Labute approximate surface area is 139 Å². The van der Waals surface area contributed by atoms with E-state index >= 15 is 0 Å². The maximum atomic E-state index is 12.1. The van der Waals surface area contributed by atoms with Crippen molar-refractivity contribution in [1.29, 1.82) is 0 Å². The monoisotopic (exact) mass is 336 g/mol. The summed E-state index contributed by atoms with van der Waals surface area (Å²) in [6.45, 7) is 0.456. The van der Waals surface area contributed by atoms with Gasteiger partial charge in [-0.15, -0.1) is 5.06 Å². The molecule has 2 aliphatic heterocycles. The van der Waals surface area contributed by atoms with E-state index in [0.717, 1.165) is 12.8 Å². The fraction of sp³-hybridized carbons (Fsp3) is 0.625. The highest BCUT2D eigenvalue weighted by Gasteiger charge is 2.36. The van der Waals surface area contributed by atoms with Crippen LogP contribution in [-0.2, 0) is 24.0 Å². The molecule has 1 unspecified atom stereocenters. The second-order valence-corrected chi connectivity index (χ2v) is 6.47. The molecule has 1 atom stereocenters. The zero-order valence-electron chi connectivity index (χ0n) is 13.2. The molecule has 0 aromatic rings. The van der Waals surface area contributed by atoms with Crippen molar-refractivity contribution < 1.29 is 29.1 Å². The van der Waals surface area contributed by atoms with Crippen molar-refractivity contribution in [3.8, 4) is 0 Å². The van der Waals surface area contributed by atoms with E-state index in [4.69, 9.17) is 4.84 Å². The number of aliphatic hydroxyl groups is 1. The molecule has 1 N–H and O–H groups in total. The molecule has 3 aliphatic rings. The number of hydrogen-bond acceptors (Lipinski definition) is 6. The van der Waals surface area contributed by atoms with Gasteiger partial charge < -0.3 is 14.8 Å². The van der Waals surface area contributed by atoms with Crippen molar-refractivity contribution >= 4 is 23.7 Å². The fourth-order valence-corrected chi connectivity index (χ4v) is 3.38. The van der Waals surface area contributed by atoms with Crippen LogP contribution in [0.3, 0.4) is 0 Å². The summed E-state index contributed by atoms with van der Waals surface area (Å²) < 4.78 is 0. The normalized spacial score (nSPS) is 30.4. The first-order valence-corrected chi connectivity index (χ1v) is 8.20. The largest absolute Gasteiger partial charge is 0.370 e. The average Bonchev–Trinajstić information content (AvgIpc) is 3.05. The van der Waals surface area contributed by atoms with Gasteiger partial charge in [-0.05, 0) is 37.7 Å². The van der Waals surface area contributed by atoms with E-state index in [2.05, 4.69) is 0 Å². The molecule has 130 valence electrons. The van der Waals surface area contributed by atoms with Gasteiger partial charge in [-0.2, -0.15) is 0 Å². The number of nitrogens with zero attached hydrogens (tertiary/aromatic N) is 2. The number of imide groups is 1. The van der Waals surface area contributed by atoms with Gasteiger partial charge in [0.2, 0.25) is 5.91 Å². The van der Waals surface area contributed by atoms with Gasteiger partial charge in [0.15, 0.2) is 0 Å². The zero-order chi connectivity index (χ0) is 17.3. The van der Waals surface area contributed by atoms with Crippen LogP contribution in [0.5, 0.6) is 0 Å². The Morgan fingerprint density at radius 1 is 1.12 bits per heavy atom. The Morgan fingerprint density at radius 2 is 1.75 bits per heavy atom. The maximum Gasteiger partial charge on any atom is 0.336 e. The van der Waals surface area contributed by atoms with Crippen LogP contribution in [0.1, 0.15) is 38.5 Å². The fourth-order valence-electron chi connectivity index (χ4n) is 3.38. The molecule has 1 saturated carbocycles. The summed E-state index contributed by atoms with van der Waals surface area (Å²) in [4.78, 5) is 53.0. The molecule has 0 bridgehead atoms. The van der Waals surface area contributed by atoms with Crippen molar-refractivity contribution in [2.75, 3.05) is 6.54 Å². The Hall–Kier alpha value is -2.22. The first kappa shape index (κ1) is 16.6. The SMILES string of the molecule is O=C(ON1C(=O)CCC1=O)C1CCC(CN2C(=O)C=CC2O)CC1. The lowest BCUT2D eigenvalue weighted by molar-refractivity contribution is -0.201. The van der Waals surface area contributed by atoms with Crippen LogP contribution in [-0.4, -0.2) is 51.5 Å². The summed E-state index contributed by atoms with van der Waals surface area (Å²) in [6, 6.07) is 0. The molecule has 0 spiro atoms. The van der Waals surface area contributed by atoms with Crippen LogP contribution in [0, 0.1) is 11.8 Å². The molecular weight excluding hydrogens is 316 g/mol. The van der Waals surface area contributed by atoms with E-state index in [1.54, 1.807) is 0 Å². The third kappa shape index (κ3) is 3.33. The second-order valence-electron chi connectivity index (χ2n) is 6.47. The smallest absolute Gasteiger partial charge is 0.336 e. The number of amides is 3. The van der Waals surface area contributed by atoms with E-state index < -0.39 is 24.0 Å². The van der Waals surface area contributed by atoms with Crippen molar-refractivity contribution in [1.82, 2.24) is 9.96 Å². The van der Waals surface area contributed by atoms with E-state index in [9.17, 15) is 24.3 Å². The summed E-state index contributed by atoms with van der Waals surface area (Å²) >= 11 is 0. The van der Waals surface area contributed by atoms with Crippen molar-refractivity contribution in [3.63, 3.8) is 0 Å². The summed E-state index contributed by atoms with van der Waals surface area (Å²) in [7, 11) is 0. The Balaban J connectivity index is 1.46. The molecule has 8 heteroatoms. The molecule has 1 aliphatic carbocycles. The van der Waals surface area contributed by atoms with Crippen LogP contribution >= 0.6 is 0 Å². The third-order valence-corrected chi connectivity index (χ3v) is 4.84. The van der Waals surface area contributed by atoms with Gasteiger partial charge in [0.25, 0.3) is 11.8 Å². The highest BCUT2D eigenvalue weighted by Crippen LogP contribution is 2.31. The molecule has 0 aromatic carbocycles. The molecule has 2 fully saturated rings. The molecule has 2 heterocycles. The third-order valence-electron chi connectivity index (χ3n) is 4.84. The minimum Gasteiger partial charge on any atom is -0.370 e. The van der Waals surface area contributed by atoms with E-state index in [-0.39, 0.29) is 30.6 Å². The van der Waals surface area contributed by atoms with Crippen LogP contribution in [0.4, 0.5) is 0 Å². The quantitative estimate of drug-likeness (QED) is 0.731. The number of hydroxylamine groups is 2. The van der Waals surface area contributed by atoms with Crippen LogP contribution in [0.2, 0.25) is 0 Å². The van der Waals surface area contributed by atoms with Gasteiger partial charge in [0.05, 0.1) is 5.92 Å². The summed E-state index contributed by atoms with van der Waals surface area (Å²) in [6.07, 6.45) is 4.70. The minimum atomic E-state index is -0.868. The van der Waals surface area contributed by atoms with E-state index in [1.807, 2.05) is 0 Å². The topological polar surface area (TPSA) is 104 Å². The summed E-state index contributed by atoms with van der Waals surface area (Å²) in [5.41, 5.74) is 0. The lowest BCUT2D eigenvalue weighted by Crippen LogP contribution is -2.40. The number of carbonyl (C=O) groups is 4. The predicted molar refractivity (Wildman–Crippen MR) is 79.5 cm³/mol. The standard InChI is InChI=1S/C16H20N2O6/c19-12-5-6-13(20)17(12)9-10-1-3-11(4-2-10)16(23)24-18-14(21)7-8-15(18)22/h5-6,10-12,19H,1-4,7-9H2. The number of carbonyl (C=O) groups excluding carboxylic acids is 4. The van der Waals surface area contributed by atoms with E-state index in [0.29, 0.717) is 24.4 Å². The maximum absolute atomic E-state index is 12.1. The Bertz CT molecular complexity index is 577. The first-order chi connectivity index (χ1) is 11.5. The number of hydrogen-bond donors (Lipinski definition) is 1. The molecule has 24 heavy (non-hydrogen) atoms. The highest BCUT2D eigenvalue weighted by molar-refractivity contribution is 6.01. The van der Waals surface area contributed by atoms with Crippen molar-refractivity contribution in [2.45, 2.75) is 44.8 Å².